The van der Waals surface area contributed by atoms with E-state index in [4.69, 9.17) is 0 Å². The number of benzene rings is 1. The topological polar surface area (TPSA) is 49.4 Å². The molecule has 1 saturated carbocycles. The zero-order valence-electron chi connectivity index (χ0n) is 12.9. The van der Waals surface area contributed by atoms with E-state index in [0.717, 1.165) is 31.2 Å². The first-order valence-electron chi connectivity index (χ1n) is 8.04. The smallest absolute Gasteiger partial charge is 0.247 e. The van der Waals surface area contributed by atoms with Gasteiger partial charge in [0.05, 0.1) is 5.70 Å². The summed E-state index contributed by atoms with van der Waals surface area (Å²) in [5, 5.41) is 2.99. The number of amides is 2. The second kappa shape index (κ2) is 6.34. The lowest BCUT2D eigenvalue weighted by atomic mass is 9.82. The number of nitrogens with zero attached hydrogens (tertiary/aromatic N) is 1. The van der Waals surface area contributed by atoms with Crippen LogP contribution in [0.4, 0.5) is 0 Å². The molecule has 4 heteroatoms. The monoisotopic (exact) mass is 298 g/mol. The summed E-state index contributed by atoms with van der Waals surface area (Å²) in [7, 11) is 0. The van der Waals surface area contributed by atoms with Crippen molar-refractivity contribution >= 4 is 17.5 Å². The van der Waals surface area contributed by atoms with Gasteiger partial charge in [-0.05, 0) is 24.3 Å². The van der Waals surface area contributed by atoms with Crippen molar-refractivity contribution < 1.29 is 9.59 Å². The van der Waals surface area contributed by atoms with Gasteiger partial charge in [0.1, 0.15) is 6.04 Å². The first-order valence-corrected chi connectivity index (χ1v) is 8.04. The summed E-state index contributed by atoms with van der Waals surface area (Å²) in [5.74, 6) is 0.147. The highest BCUT2D eigenvalue weighted by molar-refractivity contribution is 5.96. The van der Waals surface area contributed by atoms with Crippen molar-refractivity contribution in [3.8, 4) is 0 Å². The third-order valence-corrected chi connectivity index (χ3v) is 4.64. The lowest BCUT2D eigenvalue weighted by molar-refractivity contribution is -0.138. The predicted molar refractivity (Wildman–Crippen MR) is 85.4 cm³/mol. The summed E-state index contributed by atoms with van der Waals surface area (Å²) in [5.41, 5.74) is 1.62. The van der Waals surface area contributed by atoms with Gasteiger partial charge in [0, 0.05) is 13.1 Å². The minimum atomic E-state index is -0.356. The molecule has 22 heavy (non-hydrogen) atoms. The Balaban J connectivity index is 1.91. The van der Waals surface area contributed by atoms with Crippen LogP contribution in [-0.4, -0.2) is 22.8 Å². The minimum Gasteiger partial charge on any atom is -0.322 e. The molecule has 1 aromatic carbocycles. The Labute approximate surface area is 131 Å². The van der Waals surface area contributed by atoms with Crippen LogP contribution in [-0.2, 0) is 9.59 Å². The van der Waals surface area contributed by atoms with Gasteiger partial charge in [0.25, 0.3) is 0 Å². The Kier molecular flexibility index (Phi) is 4.27. The van der Waals surface area contributed by atoms with Crippen molar-refractivity contribution in [1.82, 2.24) is 10.2 Å². The van der Waals surface area contributed by atoms with Gasteiger partial charge >= 0.3 is 0 Å². The number of carbonyl (C=O) groups excluding carboxylic acids is 2. The second-order valence-corrected chi connectivity index (χ2v) is 6.17. The Hall–Kier alpha value is -2.10. The highest BCUT2D eigenvalue weighted by atomic mass is 16.2. The van der Waals surface area contributed by atoms with Crippen LogP contribution in [0.2, 0.25) is 0 Å². The van der Waals surface area contributed by atoms with Crippen LogP contribution in [0.15, 0.2) is 36.5 Å². The van der Waals surface area contributed by atoms with Crippen molar-refractivity contribution in [2.24, 2.45) is 5.92 Å². The molecule has 0 saturated heterocycles. The number of hydrogen-bond acceptors (Lipinski definition) is 2. The van der Waals surface area contributed by atoms with E-state index in [9.17, 15) is 9.59 Å². The summed E-state index contributed by atoms with van der Waals surface area (Å²) in [6.07, 6.45) is 7.38. The molecule has 0 bridgehead atoms. The van der Waals surface area contributed by atoms with E-state index in [-0.39, 0.29) is 23.8 Å². The van der Waals surface area contributed by atoms with E-state index >= 15 is 0 Å². The fourth-order valence-corrected chi connectivity index (χ4v) is 3.53. The fourth-order valence-electron chi connectivity index (χ4n) is 3.53. The van der Waals surface area contributed by atoms with Crippen LogP contribution >= 0.6 is 0 Å². The normalized spacial score (nSPS) is 23.0. The molecule has 1 atom stereocenters. The third-order valence-electron chi connectivity index (χ3n) is 4.64. The van der Waals surface area contributed by atoms with Gasteiger partial charge in [-0.1, -0.05) is 49.6 Å². The minimum absolute atomic E-state index is 0.0524. The summed E-state index contributed by atoms with van der Waals surface area (Å²) in [6, 6.07) is 9.30. The van der Waals surface area contributed by atoms with Crippen molar-refractivity contribution in [3.63, 3.8) is 0 Å². The lowest BCUT2D eigenvalue weighted by Crippen LogP contribution is -2.54. The molecule has 0 spiro atoms. The largest absolute Gasteiger partial charge is 0.322 e. The van der Waals surface area contributed by atoms with Gasteiger partial charge in [0.2, 0.25) is 11.8 Å². The Morgan fingerprint density at radius 1 is 1.14 bits per heavy atom. The van der Waals surface area contributed by atoms with Crippen LogP contribution in [0.5, 0.6) is 0 Å². The van der Waals surface area contributed by atoms with Crippen LogP contribution in [0, 0.1) is 5.92 Å². The number of rotatable bonds is 2. The molecule has 1 aliphatic carbocycles. The first-order chi connectivity index (χ1) is 10.7. The summed E-state index contributed by atoms with van der Waals surface area (Å²) < 4.78 is 0. The number of hydrogen-bond donors (Lipinski definition) is 1. The maximum absolute atomic E-state index is 12.6. The molecule has 1 N–H and O–H groups in total. The van der Waals surface area contributed by atoms with Gasteiger partial charge < -0.3 is 10.2 Å². The average molecular weight is 298 g/mol. The Morgan fingerprint density at radius 2 is 1.82 bits per heavy atom. The summed E-state index contributed by atoms with van der Waals surface area (Å²) in [4.78, 5) is 26.4. The summed E-state index contributed by atoms with van der Waals surface area (Å²) >= 11 is 0. The van der Waals surface area contributed by atoms with Crippen molar-refractivity contribution in [1.29, 1.82) is 0 Å². The molecule has 1 aromatic rings. The van der Waals surface area contributed by atoms with Gasteiger partial charge in [-0.15, -0.1) is 0 Å². The zero-order chi connectivity index (χ0) is 15.5. The molecular weight excluding hydrogens is 276 g/mol. The Bertz CT molecular complexity index is 588. The van der Waals surface area contributed by atoms with Gasteiger partial charge in [-0.3, -0.25) is 9.59 Å². The van der Waals surface area contributed by atoms with Crippen LogP contribution in [0.25, 0.3) is 5.70 Å². The van der Waals surface area contributed by atoms with Crippen LogP contribution in [0.3, 0.4) is 0 Å². The molecule has 0 radical (unpaired) electrons. The molecule has 4 nitrogen and oxygen atoms in total. The average Bonchev–Trinajstić information content (AvgIpc) is 2.55. The van der Waals surface area contributed by atoms with Crippen LogP contribution < -0.4 is 5.32 Å². The molecule has 0 aromatic heterocycles. The molecule has 1 unspecified atom stereocenters. The SMILES string of the molecule is CC(=O)N1C=C(c2ccccc2)NC(=O)C1C1CCCCC1. The van der Waals surface area contributed by atoms with Crippen molar-refractivity contribution in [3.05, 3.63) is 42.1 Å². The molecule has 3 rings (SSSR count). The highest BCUT2D eigenvalue weighted by Gasteiger charge is 2.38. The third kappa shape index (κ3) is 2.91. The maximum Gasteiger partial charge on any atom is 0.247 e. The van der Waals surface area contributed by atoms with E-state index in [2.05, 4.69) is 5.32 Å². The van der Waals surface area contributed by atoms with E-state index < -0.39 is 0 Å². The first kappa shape index (κ1) is 14.8. The van der Waals surface area contributed by atoms with Crippen molar-refractivity contribution in [2.75, 3.05) is 0 Å². The number of nitrogens with one attached hydrogen (secondary N) is 1. The molecule has 1 aliphatic heterocycles. The zero-order valence-corrected chi connectivity index (χ0v) is 12.9. The second-order valence-electron chi connectivity index (χ2n) is 6.17. The van der Waals surface area contributed by atoms with Gasteiger partial charge in [0.15, 0.2) is 0 Å². The molecule has 2 aliphatic rings. The molecule has 2 amide bonds. The van der Waals surface area contributed by atoms with E-state index in [1.807, 2.05) is 30.3 Å². The van der Waals surface area contributed by atoms with Gasteiger partial charge in [-0.2, -0.15) is 0 Å². The summed E-state index contributed by atoms with van der Waals surface area (Å²) in [6.45, 7) is 1.54. The van der Waals surface area contributed by atoms with Gasteiger partial charge in [-0.25, -0.2) is 0 Å². The molecular formula is C18H22N2O2. The quantitative estimate of drug-likeness (QED) is 0.912. The Morgan fingerprint density at radius 3 is 2.45 bits per heavy atom. The number of carbonyl (C=O) groups is 2. The van der Waals surface area contributed by atoms with E-state index in [0.29, 0.717) is 5.70 Å². The van der Waals surface area contributed by atoms with E-state index in [1.54, 1.807) is 11.1 Å². The lowest BCUT2D eigenvalue weighted by Gasteiger charge is -2.38. The van der Waals surface area contributed by atoms with E-state index in [1.165, 1.54) is 13.3 Å². The van der Waals surface area contributed by atoms with Crippen LogP contribution in [0.1, 0.15) is 44.6 Å². The highest BCUT2D eigenvalue weighted by Crippen LogP contribution is 2.32. The molecule has 116 valence electrons. The molecule has 1 heterocycles. The fraction of sp³-hybridized carbons (Fsp3) is 0.444. The van der Waals surface area contributed by atoms with Crippen molar-refractivity contribution in [2.45, 2.75) is 45.1 Å². The molecule has 1 fully saturated rings. The standard InChI is InChI=1S/C18H22N2O2/c1-13(21)20-12-16(14-8-4-2-5-9-14)19-18(22)17(20)15-10-6-3-7-11-15/h2,4-5,8-9,12,15,17H,3,6-7,10-11H2,1H3,(H,19,22). The predicted octanol–water partition coefficient (Wildman–Crippen LogP) is 2.91. The maximum atomic E-state index is 12.6.